The normalized spacial score (nSPS) is 15.1. The lowest BCUT2D eigenvalue weighted by Gasteiger charge is -2.19. The molecule has 1 rings (SSSR count). The highest BCUT2D eigenvalue weighted by Crippen LogP contribution is 2.36. The number of hydrogen-bond acceptors (Lipinski definition) is 5. The van der Waals surface area contributed by atoms with Crippen molar-refractivity contribution in [2.45, 2.75) is 18.4 Å². The number of ether oxygens (including phenoxy) is 1. The minimum absolute atomic E-state index is 0.0363. The molecule has 0 saturated carbocycles. The van der Waals surface area contributed by atoms with Crippen LogP contribution in [0.1, 0.15) is 17.2 Å². The van der Waals surface area contributed by atoms with Crippen LogP contribution in [-0.4, -0.2) is 42.0 Å². The zero-order valence-corrected chi connectivity index (χ0v) is 10.4. The van der Waals surface area contributed by atoms with Gasteiger partial charge in [-0.2, -0.15) is 13.2 Å². The third kappa shape index (κ3) is 3.79. The predicted molar refractivity (Wildman–Crippen MR) is 60.7 cm³/mol. The van der Waals surface area contributed by atoms with Gasteiger partial charge >= 0.3 is 6.18 Å². The molecular weight excluding hydrogens is 265 g/mol. The van der Waals surface area contributed by atoms with E-state index in [4.69, 9.17) is 0 Å². The van der Waals surface area contributed by atoms with Crippen LogP contribution in [0.3, 0.4) is 0 Å². The molecule has 2 unspecified atom stereocenters. The van der Waals surface area contributed by atoms with Crippen molar-refractivity contribution in [1.82, 2.24) is 10.3 Å². The van der Waals surface area contributed by atoms with Gasteiger partial charge in [-0.05, 0) is 13.1 Å². The Morgan fingerprint density at radius 1 is 1.42 bits per heavy atom. The molecule has 0 saturated heterocycles. The molecule has 19 heavy (non-hydrogen) atoms. The number of pyridine rings is 1. The van der Waals surface area contributed by atoms with E-state index in [2.05, 4.69) is 15.0 Å². The molecule has 1 aromatic rings. The van der Waals surface area contributed by atoms with E-state index in [1.54, 1.807) is 7.05 Å². The second kappa shape index (κ2) is 6.18. The highest BCUT2D eigenvalue weighted by molar-refractivity contribution is 5.33. The fourth-order valence-corrected chi connectivity index (χ4v) is 1.54. The third-order valence-corrected chi connectivity index (χ3v) is 2.49. The first-order valence-electron chi connectivity index (χ1n) is 5.43. The van der Waals surface area contributed by atoms with E-state index >= 15 is 0 Å². The zero-order chi connectivity index (χ0) is 14.6. The van der Waals surface area contributed by atoms with Crippen molar-refractivity contribution in [1.29, 1.82) is 0 Å². The number of hydrogen-bond donors (Lipinski definition) is 3. The van der Waals surface area contributed by atoms with Crippen molar-refractivity contribution >= 4 is 0 Å². The fraction of sp³-hybridized carbons (Fsp3) is 0.545. The first-order valence-corrected chi connectivity index (χ1v) is 5.43. The highest BCUT2D eigenvalue weighted by Gasteiger charge is 2.36. The Morgan fingerprint density at radius 3 is 2.53 bits per heavy atom. The molecule has 0 aliphatic carbocycles. The van der Waals surface area contributed by atoms with Gasteiger partial charge < -0.3 is 20.3 Å². The van der Waals surface area contributed by atoms with E-state index in [9.17, 15) is 23.4 Å². The van der Waals surface area contributed by atoms with E-state index in [1.807, 2.05) is 0 Å². The molecule has 0 spiro atoms. The maximum Gasteiger partial charge on any atom is 0.421 e. The van der Waals surface area contributed by atoms with Crippen LogP contribution in [0, 0.1) is 0 Å². The van der Waals surface area contributed by atoms with Crippen LogP contribution in [0.2, 0.25) is 0 Å². The molecule has 0 radical (unpaired) electrons. The molecule has 3 N–H and O–H groups in total. The van der Waals surface area contributed by atoms with Gasteiger partial charge in [0.2, 0.25) is 5.88 Å². The predicted octanol–water partition coefficient (Wildman–Crippen LogP) is 0.723. The van der Waals surface area contributed by atoms with Crippen LogP contribution in [-0.2, 0) is 6.18 Å². The van der Waals surface area contributed by atoms with Gasteiger partial charge in [-0.1, -0.05) is 0 Å². The Kier molecular flexibility index (Phi) is 5.10. The number of methoxy groups -OCH3 is 1. The number of rotatable bonds is 5. The van der Waals surface area contributed by atoms with Gasteiger partial charge in [0.15, 0.2) is 0 Å². The van der Waals surface area contributed by atoms with E-state index in [0.29, 0.717) is 0 Å². The average Bonchev–Trinajstić information content (AvgIpc) is 2.36. The molecule has 0 amide bonds. The van der Waals surface area contributed by atoms with Crippen molar-refractivity contribution in [3.05, 3.63) is 23.4 Å². The van der Waals surface area contributed by atoms with Gasteiger partial charge in [0, 0.05) is 18.3 Å². The van der Waals surface area contributed by atoms with Crippen LogP contribution >= 0.6 is 0 Å². The number of nitrogens with one attached hydrogen (secondary N) is 1. The summed E-state index contributed by atoms with van der Waals surface area (Å²) in [5.41, 5.74) is -1.22. The first-order chi connectivity index (χ1) is 8.81. The molecule has 0 bridgehead atoms. The molecule has 5 nitrogen and oxygen atoms in total. The molecular formula is C11H15F3N2O3. The maximum atomic E-state index is 12.8. The van der Waals surface area contributed by atoms with Crippen LogP contribution in [0.5, 0.6) is 5.88 Å². The summed E-state index contributed by atoms with van der Waals surface area (Å²) < 4.78 is 42.8. The van der Waals surface area contributed by atoms with Crippen LogP contribution < -0.4 is 10.1 Å². The van der Waals surface area contributed by atoms with E-state index in [-0.39, 0.29) is 12.1 Å². The Hall–Kier alpha value is -1.38. The number of aromatic nitrogens is 1. The standard InChI is InChI=1S/C11H15F3N2O3/c1-15-5-8(17)9(18)6-3-7(11(12,13)14)10(19-2)16-4-6/h3-4,8-9,15,17-18H,5H2,1-2H3. The van der Waals surface area contributed by atoms with E-state index in [1.165, 1.54) is 0 Å². The molecule has 2 atom stereocenters. The molecule has 0 aliphatic rings. The Morgan fingerprint density at radius 2 is 2.05 bits per heavy atom. The monoisotopic (exact) mass is 280 g/mol. The summed E-state index contributed by atoms with van der Waals surface area (Å²) in [7, 11) is 2.62. The molecule has 1 heterocycles. The second-order valence-corrected chi connectivity index (χ2v) is 3.89. The van der Waals surface area contributed by atoms with Gasteiger partial charge in [0.05, 0.1) is 13.2 Å². The average molecular weight is 280 g/mol. The third-order valence-electron chi connectivity index (χ3n) is 2.49. The van der Waals surface area contributed by atoms with Gasteiger partial charge in [0.25, 0.3) is 0 Å². The van der Waals surface area contributed by atoms with Crippen molar-refractivity contribution < 1.29 is 28.1 Å². The Balaban J connectivity index is 3.11. The van der Waals surface area contributed by atoms with Crippen molar-refractivity contribution in [2.24, 2.45) is 0 Å². The summed E-state index contributed by atoms with van der Waals surface area (Å²) in [5.74, 6) is -0.577. The Labute approximate surface area is 108 Å². The van der Waals surface area contributed by atoms with Gasteiger partial charge in [-0.3, -0.25) is 0 Å². The number of halogens is 3. The van der Waals surface area contributed by atoms with Gasteiger partial charge in [-0.15, -0.1) is 0 Å². The molecule has 0 aliphatic heterocycles. The number of alkyl halides is 3. The molecule has 8 heteroatoms. The quantitative estimate of drug-likeness (QED) is 0.741. The van der Waals surface area contributed by atoms with Crippen LogP contribution in [0.15, 0.2) is 12.3 Å². The zero-order valence-electron chi connectivity index (χ0n) is 10.4. The summed E-state index contributed by atoms with van der Waals surface area (Å²) in [5, 5.41) is 21.9. The summed E-state index contributed by atoms with van der Waals surface area (Å²) >= 11 is 0. The van der Waals surface area contributed by atoms with Crippen molar-refractivity contribution in [3.8, 4) is 5.88 Å². The van der Waals surface area contributed by atoms with Gasteiger partial charge in [0.1, 0.15) is 11.7 Å². The smallest absolute Gasteiger partial charge is 0.421 e. The minimum Gasteiger partial charge on any atom is -0.481 e. The lowest BCUT2D eigenvalue weighted by molar-refractivity contribution is -0.139. The molecule has 0 fully saturated rings. The number of aliphatic hydroxyl groups excluding tert-OH is 2. The SMILES string of the molecule is CNCC(O)C(O)c1cnc(OC)c(C(F)(F)F)c1. The van der Waals surface area contributed by atoms with E-state index in [0.717, 1.165) is 19.4 Å². The topological polar surface area (TPSA) is 74.6 Å². The first kappa shape index (κ1) is 15.7. The summed E-state index contributed by atoms with van der Waals surface area (Å²) in [6.07, 6.45) is -6.31. The maximum absolute atomic E-state index is 12.8. The van der Waals surface area contributed by atoms with E-state index < -0.39 is 29.8 Å². The van der Waals surface area contributed by atoms with Crippen LogP contribution in [0.4, 0.5) is 13.2 Å². The fourth-order valence-electron chi connectivity index (χ4n) is 1.54. The lowest BCUT2D eigenvalue weighted by Crippen LogP contribution is -2.29. The lowest BCUT2D eigenvalue weighted by atomic mass is 10.0. The number of nitrogens with zero attached hydrogens (tertiary/aromatic N) is 1. The molecule has 1 aromatic heterocycles. The number of likely N-dealkylation sites (N-methyl/N-ethyl adjacent to an activating group) is 1. The summed E-state index contributed by atoms with van der Waals surface area (Å²) in [4.78, 5) is 3.49. The minimum atomic E-state index is -4.65. The van der Waals surface area contributed by atoms with Crippen molar-refractivity contribution in [2.75, 3.05) is 20.7 Å². The van der Waals surface area contributed by atoms with Crippen LogP contribution in [0.25, 0.3) is 0 Å². The second-order valence-electron chi connectivity index (χ2n) is 3.89. The Bertz CT molecular complexity index is 426. The number of aliphatic hydroxyl groups is 2. The highest BCUT2D eigenvalue weighted by atomic mass is 19.4. The van der Waals surface area contributed by atoms with Crippen molar-refractivity contribution in [3.63, 3.8) is 0 Å². The summed E-state index contributed by atoms with van der Waals surface area (Å²) in [6.45, 7) is 0.0363. The van der Waals surface area contributed by atoms with Gasteiger partial charge in [-0.25, -0.2) is 4.98 Å². The molecule has 0 aromatic carbocycles. The summed E-state index contributed by atoms with van der Waals surface area (Å²) in [6, 6.07) is 0.718. The largest absolute Gasteiger partial charge is 0.481 e. The molecule has 108 valence electrons.